The molecule has 7 heteroatoms. The van der Waals surface area contributed by atoms with Crippen molar-refractivity contribution in [2.75, 3.05) is 26.2 Å². The van der Waals surface area contributed by atoms with E-state index in [1.54, 1.807) is 23.7 Å². The maximum Gasteiger partial charge on any atom is 0.254 e. The highest BCUT2D eigenvalue weighted by molar-refractivity contribution is 7.15. The minimum Gasteiger partial charge on any atom is -0.336 e. The molecule has 0 unspecified atom stereocenters. The van der Waals surface area contributed by atoms with Gasteiger partial charge in [-0.2, -0.15) is 0 Å². The number of fused-ring (bicyclic) bond motifs is 1. The zero-order chi connectivity index (χ0) is 21.2. The molecule has 1 fully saturated rings. The fourth-order valence-electron chi connectivity index (χ4n) is 3.87. The average molecular weight is 449 g/mol. The van der Waals surface area contributed by atoms with Crippen molar-refractivity contribution >= 4 is 39.9 Å². The second-order valence-corrected chi connectivity index (χ2v) is 9.21. The Bertz CT molecular complexity index is 1230. The average Bonchev–Trinajstić information content (AvgIpc) is 3.27. The van der Waals surface area contributed by atoms with E-state index in [0.717, 1.165) is 54.3 Å². The van der Waals surface area contributed by atoms with Gasteiger partial charge in [-0.3, -0.25) is 19.7 Å². The van der Waals surface area contributed by atoms with Gasteiger partial charge in [0.05, 0.1) is 11.0 Å². The van der Waals surface area contributed by atoms with Crippen LogP contribution < -0.4 is 0 Å². The van der Waals surface area contributed by atoms with E-state index < -0.39 is 0 Å². The first-order chi connectivity index (χ1) is 15.2. The van der Waals surface area contributed by atoms with Crippen LogP contribution in [0.2, 0.25) is 5.02 Å². The highest BCUT2D eigenvalue weighted by Crippen LogP contribution is 2.30. The third-order valence-corrected chi connectivity index (χ3v) is 6.88. The van der Waals surface area contributed by atoms with Gasteiger partial charge in [-0.15, -0.1) is 11.3 Å². The molecule has 5 rings (SSSR count). The summed E-state index contributed by atoms with van der Waals surface area (Å²) in [6.07, 6.45) is 3.31. The van der Waals surface area contributed by atoms with Gasteiger partial charge in [0.15, 0.2) is 0 Å². The lowest BCUT2D eigenvalue weighted by Gasteiger charge is -2.34. The highest BCUT2D eigenvalue weighted by Gasteiger charge is 2.23. The second-order valence-electron chi connectivity index (χ2n) is 7.60. The molecule has 0 N–H and O–H groups in total. The predicted molar refractivity (Wildman–Crippen MR) is 125 cm³/mol. The lowest BCUT2D eigenvalue weighted by atomic mass is 10.1. The van der Waals surface area contributed by atoms with Gasteiger partial charge in [-0.1, -0.05) is 23.7 Å². The standard InChI is InChI=1S/C24H21ClN4OS/c25-19-3-1-2-17(14-19)23-7-5-20(31-23)16-28-10-12-29(13-11-28)24(30)18-4-6-21-22(15-18)27-9-8-26-21/h1-9,14-15H,10-13,16H2. The monoisotopic (exact) mass is 448 g/mol. The van der Waals surface area contributed by atoms with Crippen molar-refractivity contribution in [1.82, 2.24) is 19.8 Å². The third kappa shape index (κ3) is 4.46. The van der Waals surface area contributed by atoms with Gasteiger partial charge in [0.1, 0.15) is 0 Å². The van der Waals surface area contributed by atoms with Crippen molar-refractivity contribution in [2.24, 2.45) is 0 Å². The van der Waals surface area contributed by atoms with Crippen molar-refractivity contribution in [3.63, 3.8) is 0 Å². The molecule has 4 aromatic rings. The fraction of sp³-hybridized carbons (Fsp3) is 0.208. The number of carbonyl (C=O) groups excluding carboxylic acids is 1. The molecule has 5 nitrogen and oxygen atoms in total. The SMILES string of the molecule is O=C(c1ccc2nccnc2c1)N1CCN(Cc2ccc(-c3cccc(Cl)c3)s2)CC1. The summed E-state index contributed by atoms with van der Waals surface area (Å²) in [7, 11) is 0. The number of piperazine rings is 1. The zero-order valence-electron chi connectivity index (χ0n) is 16.9. The summed E-state index contributed by atoms with van der Waals surface area (Å²) >= 11 is 7.93. The number of benzene rings is 2. The molecule has 156 valence electrons. The van der Waals surface area contributed by atoms with E-state index in [1.165, 1.54) is 9.75 Å². The van der Waals surface area contributed by atoms with Gasteiger partial charge in [-0.05, 0) is 48.0 Å². The molecular formula is C24H21ClN4OS. The van der Waals surface area contributed by atoms with Gasteiger partial charge in [0.2, 0.25) is 0 Å². The molecule has 1 saturated heterocycles. The smallest absolute Gasteiger partial charge is 0.254 e. The van der Waals surface area contributed by atoms with Crippen LogP contribution in [0.1, 0.15) is 15.2 Å². The number of amides is 1. The molecular weight excluding hydrogens is 428 g/mol. The van der Waals surface area contributed by atoms with Crippen LogP contribution in [0, 0.1) is 0 Å². The Labute approximate surface area is 189 Å². The van der Waals surface area contributed by atoms with E-state index in [0.29, 0.717) is 5.56 Å². The number of thiophene rings is 1. The van der Waals surface area contributed by atoms with E-state index in [1.807, 2.05) is 41.3 Å². The quantitative estimate of drug-likeness (QED) is 0.442. The largest absolute Gasteiger partial charge is 0.336 e. The number of hydrogen-bond donors (Lipinski definition) is 0. The summed E-state index contributed by atoms with van der Waals surface area (Å²) < 4.78 is 0. The van der Waals surface area contributed by atoms with E-state index >= 15 is 0 Å². The maximum absolute atomic E-state index is 12.9. The van der Waals surface area contributed by atoms with Crippen LogP contribution in [0.25, 0.3) is 21.5 Å². The molecule has 2 aromatic carbocycles. The molecule has 1 amide bonds. The lowest BCUT2D eigenvalue weighted by molar-refractivity contribution is 0.0630. The van der Waals surface area contributed by atoms with Crippen LogP contribution in [0.4, 0.5) is 0 Å². The summed E-state index contributed by atoms with van der Waals surface area (Å²) in [5.74, 6) is 0.0616. The summed E-state index contributed by atoms with van der Waals surface area (Å²) in [6, 6.07) is 17.8. The molecule has 0 radical (unpaired) electrons. The molecule has 0 atom stereocenters. The van der Waals surface area contributed by atoms with Gasteiger partial charge in [0.25, 0.3) is 5.91 Å². The first-order valence-corrected chi connectivity index (χ1v) is 11.4. The molecule has 1 aliphatic rings. The van der Waals surface area contributed by atoms with Crippen molar-refractivity contribution in [1.29, 1.82) is 0 Å². The van der Waals surface area contributed by atoms with Crippen molar-refractivity contribution in [3.05, 3.63) is 82.5 Å². The molecule has 3 heterocycles. The maximum atomic E-state index is 12.9. The van der Waals surface area contributed by atoms with Gasteiger partial charge in [-0.25, -0.2) is 0 Å². The summed E-state index contributed by atoms with van der Waals surface area (Å²) in [6.45, 7) is 4.08. The number of rotatable bonds is 4. The van der Waals surface area contributed by atoms with Crippen LogP contribution in [-0.2, 0) is 6.54 Å². The normalized spacial score (nSPS) is 14.8. The first kappa shape index (κ1) is 20.1. The Kier molecular flexibility index (Phi) is 5.68. The Morgan fingerprint density at radius 3 is 2.55 bits per heavy atom. The number of halogens is 1. The number of hydrogen-bond acceptors (Lipinski definition) is 5. The minimum atomic E-state index is 0.0616. The highest BCUT2D eigenvalue weighted by atomic mass is 35.5. The van der Waals surface area contributed by atoms with Crippen molar-refractivity contribution in [2.45, 2.75) is 6.54 Å². The predicted octanol–water partition coefficient (Wildman–Crippen LogP) is 4.97. The van der Waals surface area contributed by atoms with Gasteiger partial charge in [0, 0.05) is 65.5 Å². The molecule has 0 saturated carbocycles. The molecule has 0 aliphatic carbocycles. The van der Waals surface area contributed by atoms with Crippen LogP contribution in [0.3, 0.4) is 0 Å². The van der Waals surface area contributed by atoms with Crippen LogP contribution in [0.15, 0.2) is 67.0 Å². The summed E-state index contributed by atoms with van der Waals surface area (Å²) in [5.41, 5.74) is 3.38. The van der Waals surface area contributed by atoms with Crippen LogP contribution >= 0.6 is 22.9 Å². The zero-order valence-corrected chi connectivity index (χ0v) is 18.4. The summed E-state index contributed by atoms with van der Waals surface area (Å²) in [5, 5.41) is 0.756. The Morgan fingerprint density at radius 2 is 1.74 bits per heavy atom. The van der Waals surface area contributed by atoms with Gasteiger partial charge >= 0.3 is 0 Å². The third-order valence-electron chi connectivity index (χ3n) is 5.53. The van der Waals surface area contributed by atoms with E-state index in [2.05, 4.69) is 33.1 Å². The van der Waals surface area contributed by atoms with E-state index in [4.69, 9.17) is 11.6 Å². The fourth-order valence-corrected chi connectivity index (χ4v) is 5.10. The van der Waals surface area contributed by atoms with E-state index in [-0.39, 0.29) is 5.91 Å². The number of carbonyl (C=O) groups is 1. The molecule has 1 aliphatic heterocycles. The first-order valence-electron chi connectivity index (χ1n) is 10.2. The number of aromatic nitrogens is 2. The Hall–Kier alpha value is -2.80. The molecule has 0 bridgehead atoms. The second kappa shape index (κ2) is 8.75. The molecule has 31 heavy (non-hydrogen) atoms. The van der Waals surface area contributed by atoms with Crippen molar-refractivity contribution < 1.29 is 4.79 Å². The number of nitrogens with zero attached hydrogens (tertiary/aromatic N) is 4. The van der Waals surface area contributed by atoms with Crippen molar-refractivity contribution in [3.8, 4) is 10.4 Å². The van der Waals surface area contributed by atoms with Gasteiger partial charge < -0.3 is 4.90 Å². The molecule has 0 spiro atoms. The Balaban J connectivity index is 1.20. The van der Waals surface area contributed by atoms with Crippen LogP contribution in [-0.4, -0.2) is 51.9 Å². The lowest BCUT2D eigenvalue weighted by Crippen LogP contribution is -2.48. The minimum absolute atomic E-state index is 0.0616. The molecule has 2 aromatic heterocycles. The Morgan fingerprint density at radius 1 is 0.935 bits per heavy atom. The summed E-state index contributed by atoms with van der Waals surface area (Å²) in [4.78, 5) is 28.4. The van der Waals surface area contributed by atoms with Crippen LogP contribution in [0.5, 0.6) is 0 Å². The van der Waals surface area contributed by atoms with E-state index in [9.17, 15) is 4.79 Å². The topological polar surface area (TPSA) is 49.3 Å².